The van der Waals surface area contributed by atoms with E-state index < -0.39 is 47.1 Å². The zero-order chi connectivity index (χ0) is 20.3. The summed E-state index contributed by atoms with van der Waals surface area (Å²) < 4.78 is 48.5. The number of hydrogen-bond acceptors (Lipinski definition) is 5. The lowest BCUT2D eigenvalue weighted by Gasteiger charge is -2.13. The Kier molecular flexibility index (Phi) is 5.16. The van der Waals surface area contributed by atoms with Crippen LogP contribution < -0.4 is 10.9 Å². The van der Waals surface area contributed by atoms with Crippen LogP contribution in [0.3, 0.4) is 0 Å². The van der Waals surface area contributed by atoms with E-state index in [0.717, 1.165) is 12.1 Å². The normalized spacial score (nSPS) is 11.2. The molecule has 0 fully saturated rings. The van der Waals surface area contributed by atoms with Crippen molar-refractivity contribution in [3.8, 4) is 0 Å². The molecule has 3 aromatic rings. The second-order valence-corrected chi connectivity index (χ2v) is 5.65. The summed E-state index contributed by atoms with van der Waals surface area (Å²) in [6, 6.07) is 12.1. The van der Waals surface area contributed by atoms with Gasteiger partial charge in [0.15, 0.2) is 6.61 Å². The molecule has 1 aromatic heterocycles. The van der Waals surface area contributed by atoms with Crippen LogP contribution in [0.1, 0.15) is 15.9 Å². The fourth-order valence-electron chi connectivity index (χ4n) is 2.44. The fraction of sp³-hybridized carbons (Fsp3) is 0.105. The number of carbonyl (C=O) groups excluding carboxylic acids is 2. The first-order valence-corrected chi connectivity index (χ1v) is 7.92. The molecular weight excluding hydrogens is 379 g/mol. The molecule has 0 unspecified atom stereocenters. The van der Waals surface area contributed by atoms with Gasteiger partial charge in [-0.1, -0.05) is 30.3 Å². The first kappa shape index (κ1) is 19.2. The van der Waals surface area contributed by atoms with Gasteiger partial charge in [-0.3, -0.25) is 4.79 Å². The Morgan fingerprint density at radius 3 is 2.46 bits per heavy atom. The molecule has 0 aliphatic heterocycles. The number of hydrogen-bond donors (Lipinski definition) is 1. The molecule has 0 radical (unpaired) electrons. The van der Waals surface area contributed by atoms with Crippen LogP contribution in [0, 0.1) is 0 Å². The third kappa shape index (κ3) is 4.20. The summed E-state index contributed by atoms with van der Waals surface area (Å²) in [5, 5.41) is 2.50. The number of halogens is 3. The summed E-state index contributed by atoms with van der Waals surface area (Å²) in [6.45, 7) is -0.878. The van der Waals surface area contributed by atoms with Gasteiger partial charge in [0.25, 0.3) is 5.91 Å². The van der Waals surface area contributed by atoms with Gasteiger partial charge in [-0.2, -0.15) is 13.2 Å². The van der Waals surface area contributed by atoms with Crippen molar-refractivity contribution in [3.05, 3.63) is 76.1 Å². The first-order chi connectivity index (χ1) is 13.3. The molecule has 9 heteroatoms. The Morgan fingerprint density at radius 2 is 1.71 bits per heavy atom. The molecule has 1 heterocycles. The summed E-state index contributed by atoms with van der Waals surface area (Å²) in [5.41, 5.74) is -2.62. The summed E-state index contributed by atoms with van der Waals surface area (Å²) >= 11 is 0. The quantitative estimate of drug-likeness (QED) is 0.543. The van der Waals surface area contributed by atoms with Crippen LogP contribution in [0.15, 0.2) is 63.8 Å². The van der Waals surface area contributed by atoms with Crippen LogP contribution in [-0.4, -0.2) is 18.5 Å². The molecule has 6 nitrogen and oxygen atoms in total. The maximum atomic E-state index is 12.9. The molecule has 2 aromatic carbocycles. The fourth-order valence-corrected chi connectivity index (χ4v) is 2.44. The van der Waals surface area contributed by atoms with Crippen molar-refractivity contribution in [1.82, 2.24) is 0 Å². The van der Waals surface area contributed by atoms with Gasteiger partial charge in [-0.15, -0.1) is 0 Å². The largest absolute Gasteiger partial charge is 0.452 e. The highest BCUT2D eigenvalue weighted by atomic mass is 19.4. The number of rotatable bonds is 4. The molecule has 0 saturated heterocycles. The molecule has 0 saturated carbocycles. The Bertz CT molecular complexity index is 1100. The lowest BCUT2D eigenvalue weighted by Crippen LogP contribution is -2.24. The van der Waals surface area contributed by atoms with Crippen molar-refractivity contribution in [3.63, 3.8) is 0 Å². The van der Waals surface area contributed by atoms with Crippen molar-refractivity contribution < 1.29 is 31.9 Å². The summed E-state index contributed by atoms with van der Waals surface area (Å²) in [5.74, 6) is -2.12. The van der Waals surface area contributed by atoms with E-state index in [4.69, 9.17) is 9.15 Å². The van der Waals surface area contributed by atoms with Gasteiger partial charge in [0, 0.05) is 5.39 Å². The van der Waals surface area contributed by atoms with Crippen LogP contribution in [0.4, 0.5) is 18.9 Å². The first-order valence-electron chi connectivity index (χ1n) is 7.92. The van der Waals surface area contributed by atoms with E-state index in [2.05, 4.69) is 0 Å². The average Bonchev–Trinajstić information content (AvgIpc) is 2.65. The third-order valence-electron chi connectivity index (χ3n) is 3.70. The van der Waals surface area contributed by atoms with Crippen LogP contribution in [-0.2, 0) is 15.7 Å². The Hall–Kier alpha value is -3.62. The lowest BCUT2D eigenvalue weighted by atomic mass is 10.1. The van der Waals surface area contributed by atoms with E-state index in [9.17, 15) is 27.6 Å². The van der Waals surface area contributed by atoms with E-state index in [1.165, 1.54) is 24.3 Å². The SMILES string of the molecule is O=C(COC(=O)c1cc2ccccc2oc1=O)Nc1ccccc1C(F)(F)F. The maximum absolute atomic E-state index is 12.9. The van der Waals surface area contributed by atoms with Crippen LogP contribution in [0.25, 0.3) is 11.0 Å². The maximum Gasteiger partial charge on any atom is 0.418 e. The van der Waals surface area contributed by atoms with Crippen LogP contribution >= 0.6 is 0 Å². The van der Waals surface area contributed by atoms with Crippen LogP contribution in [0.2, 0.25) is 0 Å². The van der Waals surface area contributed by atoms with E-state index >= 15 is 0 Å². The minimum Gasteiger partial charge on any atom is -0.452 e. The van der Waals surface area contributed by atoms with E-state index in [0.29, 0.717) is 5.39 Å². The van der Waals surface area contributed by atoms with E-state index in [-0.39, 0.29) is 5.58 Å². The highest BCUT2D eigenvalue weighted by Gasteiger charge is 2.33. The predicted molar refractivity (Wildman–Crippen MR) is 92.8 cm³/mol. The van der Waals surface area contributed by atoms with E-state index in [1.807, 2.05) is 5.32 Å². The number of anilines is 1. The second kappa shape index (κ2) is 7.55. The monoisotopic (exact) mass is 391 g/mol. The number of esters is 1. The van der Waals surface area contributed by atoms with Crippen molar-refractivity contribution in [1.29, 1.82) is 0 Å². The highest BCUT2D eigenvalue weighted by Crippen LogP contribution is 2.34. The second-order valence-electron chi connectivity index (χ2n) is 5.65. The molecule has 28 heavy (non-hydrogen) atoms. The minimum atomic E-state index is -4.66. The van der Waals surface area contributed by atoms with Gasteiger partial charge in [-0.05, 0) is 24.3 Å². The lowest BCUT2D eigenvalue weighted by molar-refractivity contribution is -0.137. The number of fused-ring (bicyclic) bond motifs is 1. The Labute approximate surface area is 155 Å². The molecule has 1 N–H and O–H groups in total. The Morgan fingerprint density at radius 1 is 1.04 bits per heavy atom. The zero-order valence-corrected chi connectivity index (χ0v) is 14.1. The molecule has 0 aliphatic rings. The van der Waals surface area contributed by atoms with Crippen molar-refractivity contribution in [2.24, 2.45) is 0 Å². The van der Waals surface area contributed by atoms with Crippen molar-refractivity contribution >= 4 is 28.5 Å². The number of nitrogens with one attached hydrogen (secondary N) is 1. The van der Waals surface area contributed by atoms with Gasteiger partial charge >= 0.3 is 17.8 Å². The number of alkyl halides is 3. The molecule has 144 valence electrons. The predicted octanol–water partition coefficient (Wildman–Crippen LogP) is 3.61. The van der Waals surface area contributed by atoms with Crippen LogP contribution in [0.5, 0.6) is 0 Å². The van der Waals surface area contributed by atoms with Gasteiger partial charge in [0.1, 0.15) is 11.1 Å². The molecular formula is C19H12F3NO5. The van der Waals surface area contributed by atoms with Gasteiger partial charge < -0.3 is 14.5 Å². The highest BCUT2D eigenvalue weighted by molar-refractivity contribution is 5.97. The smallest absolute Gasteiger partial charge is 0.418 e. The number of amides is 1. The van der Waals surface area contributed by atoms with Gasteiger partial charge in [0.05, 0.1) is 11.3 Å². The average molecular weight is 391 g/mol. The van der Waals surface area contributed by atoms with E-state index in [1.54, 1.807) is 18.2 Å². The molecule has 1 amide bonds. The molecule has 0 atom stereocenters. The molecule has 0 spiro atoms. The summed E-state index contributed by atoms with van der Waals surface area (Å²) in [6.07, 6.45) is -4.66. The standard InChI is InChI=1S/C19H12F3NO5/c20-19(21,22)13-6-2-3-7-14(13)23-16(24)10-27-17(25)12-9-11-5-1-4-8-15(11)28-18(12)26/h1-9H,10H2,(H,23,24). The molecule has 0 bridgehead atoms. The number of ether oxygens (including phenoxy) is 1. The van der Waals surface area contributed by atoms with Crippen molar-refractivity contribution in [2.45, 2.75) is 6.18 Å². The van der Waals surface area contributed by atoms with Gasteiger partial charge in [-0.25, -0.2) is 9.59 Å². The zero-order valence-electron chi connectivity index (χ0n) is 14.1. The van der Waals surface area contributed by atoms with Crippen molar-refractivity contribution in [2.75, 3.05) is 11.9 Å². The molecule has 0 aliphatic carbocycles. The number of para-hydroxylation sites is 2. The third-order valence-corrected chi connectivity index (χ3v) is 3.70. The summed E-state index contributed by atoms with van der Waals surface area (Å²) in [4.78, 5) is 35.8. The number of benzene rings is 2. The topological polar surface area (TPSA) is 85.6 Å². The Balaban J connectivity index is 1.70. The minimum absolute atomic E-state index is 0.269. The van der Waals surface area contributed by atoms with Gasteiger partial charge in [0.2, 0.25) is 0 Å². The molecule has 3 rings (SSSR count). The number of carbonyl (C=O) groups is 2. The summed E-state index contributed by atoms with van der Waals surface area (Å²) in [7, 11) is 0.